The molecule has 0 aliphatic rings. The molecule has 0 saturated carbocycles. The molecule has 0 unspecified atom stereocenters. The molecule has 0 amide bonds. The first-order valence-electron chi connectivity index (χ1n) is 2.94. The zero-order valence-electron chi connectivity index (χ0n) is 6.22. The van der Waals surface area contributed by atoms with Crippen molar-refractivity contribution in [3.63, 3.8) is 0 Å². The normalized spacial score (nSPS) is 9.36. The average Bonchev–Trinajstić information content (AvgIpc) is 2.04. The van der Waals surface area contributed by atoms with Gasteiger partial charge in [-0.05, 0) is 22.0 Å². The lowest BCUT2D eigenvalue weighted by atomic mass is 10.4. The van der Waals surface area contributed by atoms with Crippen molar-refractivity contribution in [2.24, 2.45) is 0 Å². The molecule has 0 bridgehead atoms. The Bertz CT molecular complexity index is 252. The Balaban J connectivity index is 3.13. The second kappa shape index (κ2) is 3.57. The maximum Gasteiger partial charge on any atom is 0.258 e. The van der Waals surface area contributed by atoms with Gasteiger partial charge < -0.3 is 9.47 Å². The molecule has 0 fully saturated rings. The van der Waals surface area contributed by atoms with Crippen molar-refractivity contribution in [1.29, 1.82) is 0 Å². The zero-order chi connectivity index (χ0) is 8.27. The van der Waals surface area contributed by atoms with Gasteiger partial charge in [0.05, 0.1) is 24.9 Å². The molecule has 59 valence electrons. The summed E-state index contributed by atoms with van der Waals surface area (Å²) in [6, 6.07) is 1.67. The molecule has 1 radical (unpaired) electrons. The van der Waals surface area contributed by atoms with E-state index in [1.165, 1.54) is 7.11 Å². The van der Waals surface area contributed by atoms with Crippen LogP contribution in [-0.4, -0.2) is 19.2 Å². The highest BCUT2D eigenvalue weighted by Crippen LogP contribution is 2.31. The van der Waals surface area contributed by atoms with Crippen LogP contribution in [0.15, 0.2) is 10.5 Å². The third-order valence-electron chi connectivity index (χ3n) is 1.17. The summed E-state index contributed by atoms with van der Waals surface area (Å²) in [5, 5.41) is 0. The number of ether oxygens (including phenoxy) is 2. The summed E-state index contributed by atoms with van der Waals surface area (Å²) >= 11 is 3.27. The Morgan fingerprint density at radius 3 is 2.64 bits per heavy atom. The summed E-state index contributed by atoms with van der Waals surface area (Å²) in [5.74, 6) is 1.02. The lowest BCUT2D eigenvalue weighted by Gasteiger charge is -2.05. The monoisotopic (exact) mass is 216 g/mol. The molecule has 1 aromatic rings. The van der Waals surface area contributed by atoms with E-state index in [-0.39, 0.29) is 0 Å². The molecule has 0 aliphatic heterocycles. The number of halogens is 1. The van der Waals surface area contributed by atoms with E-state index in [0.717, 1.165) is 4.47 Å². The largest absolute Gasteiger partial charge is 0.490 e. The van der Waals surface area contributed by atoms with Crippen LogP contribution < -0.4 is 9.47 Å². The number of nitrogens with zero attached hydrogens (tertiary/aromatic N) is 1. The van der Waals surface area contributed by atoms with Crippen molar-refractivity contribution >= 4 is 15.9 Å². The first kappa shape index (κ1) is 8.33. The lowest BCUT2D eigenvalue weighted by Crippen LogP contribution is -1.93. The van der Waals surface area contributed by atoms with Gasteiger partial charge in [-0.2, -0.15) is 0 Å². The fourth-order valence-corrected chi connectivity index (χ4v) is 1.12. The molecular formula is C7H7BrNO2. The van der Waals surface area contributed by atoms with Crippen LogP contribution in [0.2, 0.25) is 0 Å². The van der Waals surface area contributed by atoms with Crippen molar-refractivity contribution in [3.8, 4) is 11.6 Å². The molecule has 0 saturated heterocycles. The summed E-state index contributed by atoms with van der Waals surface area (Å²) in [6.45, 7) is 0. The van der Waals surface area contributed by atoms with Crippen LogP contribution >= 0.6 is 15.9 Å². The highest BCUT2D eigenvalue weighted by atomic mass is 79.9. The zero-order valence-corrected chi connectivity index (χ0v) is 7.81. The number of methoxy groups -OCH3 is 2. The van der Waals surface area contributed by atoms with Gasteiger partial charge in [-0.1, -0.05) is 0 Å². The Kier molecular flexibility index (Phi) is 2.70. The van der Waals surface area contributed by atoms with E-state index in [0.29, 0.717) is 11.6 Å². The third-order valence-corrected chi connectivity index (χ3v) is 1.76. The highest BCUT2D eigenvalue weighted by molar-refractivity contribution is 9.10. The summed E-state index contributed by atoms with van der Waals surface area (Å²) < 4.78 is 10.7. The van der Waals surface area contributed by atoms with Crippen LogP contribution in [-0.2, 0) is 0 Å². The van der Waals surface area contributed by atoms with E-state index < -0.39 is 0 Å². The van der Waals surface area contributed by atoms with Gasteiger partial charge in [0.1, 0.15) is 0 Å². The van der Waals surface area contributed by atoms with E-state index in [1.54, 1.807) is 13.2 Å². The quantitative estimate of drug-likeness (QED) is 0.754. The number of rotatable bonds is 2. The van der Waals surface area contributed by atoms with Gasteiger partial charge in [0.15, 0.2) is 5.75 Å². The molecule has 0 spiro atoms. The van der Waals surface area contributed by atoms with Gasteiger partial charge in [0, 0.05) is 0 Å². The summed E-state index contributed by atoms with van der Waals surface area (Å²) in [7, 11) is 3.09. The SMILES string of the molecule is COc1n[c]cc(Br)c1OC. The molecule has 0 N–H and O–H groups in total. The molecular weight excluding hydrogens is 210 g/mol. The lowest BCUT2D eigenvalue weighted by molar-refractivity contribution is 0.341. The van der Waals surface area contributed by atoms with Crippen LogP contribution in [0, 0.1) is 6.20 Å². The van der Waals surface area contributed by atoms with Crippen LogP contribution in [0.4, 0.5) is 0 Å². The van der Waals surface area contributed by atoms with Gasteiger partial charge in [-0.25, -0.2) is 4.98 Å². The van der Waals surface area contributed by atoms with Gasteiger partial charge >= 0.3 is 0 Å². The van der Waals surface area contributed by atoms with Crippen molar-refractivity contribution in [2.45, 2.75) is 0 Å². The molecule has 1 aromatic heterocycles. The predicted octanol–water partition coefficient (Wildman–Crippen LogP) is 1.66. The Morgan fingerprint density at radius 1 is 1.45 bits per heavy atom. The minimum atomic E-state index is 0.432. The van der Waals surface area contributed by atoms with E-state index in [4.69, 9.17) is 9.47 Å². The smallest absolute Gasteiger partial charge is 0.258 e. The standard InChI is InChI=1S/C7H7BrNO2/c1-10-6-5(8)3-4-9-7(6)11-2/h3H,1-2H3. The van der Waals surface area contributed by atoms with E-state index in [2.05, 4.69) is 27.1 Å². The maximum atomic E-state index is 5.01. The van der Waals surface area contributed by atoms with Crippen LogP contribution in [0.5, 0.6) is 11.6 Å². The fraction of sp³-hybridized carbons (Fsp3) is 0.286. The molecule has 1 rings (SSSR count). The maximum absolute atomic E-state index is 5.01. The summed E-state index contributed by atoms with van der Waals surface area (Å²) in [4.78, 5) is 3.83. The molecule has 0 aliphatic carbocycles. The molecule has 0 atom stereocenters. The van der Waals surface area contributed by atoms with Crippen molar-refractivity contribution in [2.75, 3.05) is 14.2 Å². The number of pyridine rings is 1. The predicted molar refractivity (Wildman–Crippen MR) is 43.9 cm³/mol. The molecule has 0 aromatic carbocycles. The van der Waals surface area contributed by atoms with E-state index >= 15 is 0 Å². The summed E-state index contributed by atoms with van der Waals surface area (Å²) in [6.07, 6.45) is 2.65. The fourth-order valence-electron chi connectivity index (χ4n) is 0.689. The Morgan fingerprint density at radius 2 is 2.18 bits per heavy atom. The van der Waals surface area contributed by atoms with Crippen molar-refractivity contribution in [1.82, 2.24) is 4.98 Å². The Labute approximate surface area is 73.5 Å². The van der Waals surface area contributed by atoms with E-state index in [1.807, 2.05) is 0 Å². The number of hydrogen-bond acceptors (Lipinski definition) is 3. The van der Waals surface area contributed by atoms with Crippen molar-refractivity contribution < 1.29 is 9.47 Å². The number of hydrogen-bond donors (Lipinski definition) is 0. The van der Waals surface area contributed by atoms with Crippen LogP contribution in [0.3, 0.4) is 0 Å². The Hall–Kier alpha value is -0.770. The van der Waals surface area contributed by atoms with E-state index in [9.17, 15) is 0 Å². The first-order valence-corrected chi connectivity index (χ1v) is 3.73. The average molecular weight is 217 g/mol. The molecule has 4 heteroatoms. The van der Waals surface area contributed by atoms with Crippen LogP contribution in [0.25, 0.3) is 0 Å². The van der Waals surface area contributed by atoms with Gasteiger partial charge in [0.25, 0.3) is 5.88 Å². The van der Waals surface area contributed by atoms with Crippen molar-refractivity contribution in [3.05, 3.63) is 16.7 Å². The summed E-state index contributed by atoms with van der Waals surface area (Å²) in [5.41, 5.74) is 0. The van der Waals surface area contributed by atoms with Gasteiger partial charge in [0.2, 0.25) is 0 Å². The second-order valence-electron chi connectivity index (χ2n) is 1.78. The molecule has 3 nitrogen and oxygen atoms in total. The van der Waals surface area contributed by atoms with Crippen LogP contribution in [0.1, 0.15) is 0 Å². The van der Waals surface area contributed by atoms with Gasteiger partial charge in [-0.3, -0.25) is 0 Å². The molecule has 1 heterocycles. The minimum Gasteiger partial charge on any atom is -0.490 e. The second-order valence-corrected chi connectivity index (χ2v) is 2.63. The third kappa shape index (κ3) is 1.63. The van der Waals surface area contributed by atoms with Gasteiger partial charge in [-0.15, -0.1) is 0 Å². The topological polar surface area (TPSA) is 31.4 Å². The first-order chi connectivity index (χ1) is 5.29. The molecule has 11 heavy (non-hydrogen) atoms. The highest BCUT2D eigenvalue weighted by Gasteiger charge is 2.07. The minimum absolute atomic E-state index is 0.432. The number of aromatic nitrogens is 1.